The number of rotatable bonds is 8. The Morgan fingerprint density at radius 1 is 1.38 bits per heavy atom. The van der Waals surface area contributed by atoms with Crippen LogP contribution in [-0.2, 0) is 11.3 Å². The minimum absolute atomic E-state index is 0.0522. The van der Waals surface area contributed by atoms with E-state index in [0.717, 1.165) is 11.1 Å². The maximum Gasteiger partial charge on any atom is 0.217 e. The molecule has 3 rings (SSSR count). The molecule has 0 atom stereocenters. The van der Waals surface area contributed by atoms with Gasteiger partial charge >= 0.3 is 0 Å². The number of benzene rings is 1. The molecule has 0 aliphatic heterocycles. The first kappa shape index (κ1) is 18.8. The van der Waals surface area contributed by atoms with Crippen LogP contribution in [0.1, 0.15) is 30.9 Å². The average Bonchev–Trinajstić information content (AvgIpc) is 3.29. The molecule has 7 heteroatoms. The number of hydrogen-bond donors (Lipinski definition) is 1. The second kappa shape index (κ2) is 8.60. The lowest BCUT2D eigenvalue weighted by molar-refractivity contribution is -0.118. The number of hydrogen-bond acceptors (Lipinski definition) is 3. The molecular formula is C19H21Cl2N3O2. The number of nitrogens with zero attached hydrogens (tertiary/aromatic N) is 2. The first-order chi connectivity index (χ1) is 12.5. The molecule has 1 saturated carbocycles. The van der Waals surface area contributed by atoms with Crippen LogP contribution in [0, 0.1) is 5.92 Å². The first-order valence-electron chi connectivity index (χ1n) is 8.55. The van der Waals surface area contributed by atoms with Crippen molar-refractivity contribution in [3.05, 3.63) is 51.8 Å². The Morgan fingerprint density at radius 3 is 2.77 bits per heavy atom. The van der Waals surface area contributed by atoms with Crippen molar-refractivity contribution < 1.29 is 9.53 Å². The molecule has 0 radical (unpaired) electrons. The van der Waals surface area contributed by atoms with Gasteiger partial charge in [-0.05, 0) is 36.5 Å². The Hall–Kier alpha value is -1.98. The number of amides is 1. The van der Waals surface area contributed by atoms with Gasteiger partial charge in [0.05, 0.1) is 29.4 Å². The molecule has 138 valence electrons. The fourth-order valence-electron chi connectivity index (χ4n) is 2.46. The van der Waals surface area contributed by atoms with Crippen molar-refractivity contribution in [2.45, 2.75) is 26.3 Å². The maximum atomic E-state index is 10.8. The molecule has 0 unspecified atom stereocenters. The third-order valence-corrected chi connectivity index (χ3v) is 4.56. The van der Waals surface area contributed by atoms with Gasteiger partial charge in [-0.2, -0.15) is 5.10 Å². The summed E-state index contributed by atoms with van der Waals surface area (Å²) in [6, 6.07) is 3.73. The van der Waals surface area contributed by atoms with E-state index in [4.69, 9.17) is 27.9 Å². The summed E-state index contributed by atoms with van der Waals surface area (Å²) in [6.45, 7) is 3.21. The summed E-state index contributed by atoms with van der Waals surface area (Å²) in [6.07, 6.45) is 9.91. The van der Waals surface area contributed by atoms with Crippen LogP contribution in [0.2, 0.25) is 10.0 Å². The summed E-state index contributed by atoms with van der Waals surface area (Å²) in [4.78, 5) is 10.8. The van der Waals surface area contributed by atoms with Gasteiger partial charge < -0.3 is 10.1 Å². The highest BCUT2D eigenvalue weighted by Gasteiger charge is 2.23. The molecule has 1 heterocycles. The lowest BCUT2D eigenvalue weighted by Crippen LogP contribution is -2.19. The van der Waals surface area contributed by atoms with Gasteiger partial charge in [0, 0.05) is 25.2 Å². The summed E-state index contributed by atoms with van der Waals surface area (Å²) < 4.78 is 7.56. The van der Waals surface area contributed by atoms with Crippen LogP contribution in [0.5, 0.6) is 5.75 Å². The Labute approximate surface area is 162 Å². The Bertz CT molecular complexity index is 790. The van der Waals surface area contributed by atoms with Crippen molar-refractivity contribution in [3.8, 4) is 5.75 Å². The van der Waals surface area contributed by atoms with E-state index in [1.54, 1.807) is 6.20 Å². The molecule has 0 bridgehead atoms. The highest BCUT2D eigenvalue weighted by Crippen LogP contribution is 2.37. The van der Waals surface area contributed by atoms with E-state index in [-0.39, 0.29) is 5.91 Å². The van der Waals surface area contributed by atoms with E-state index >= 15 is 0 Å². The second-order valence-electron chi connectivity index (χ2n) is 6.45. The minimum Gasteiger partial charge on any atom is -0.490 e. The standard InChI is InChI=1S/C19H21Cl2N3O2/c1-13(25)22-6-2-3-15-9-23-24(10-15)11-16-7-17(20)19(18(21)8-16)26-12-14-4-5-14/h2-3,7-10,14H,4-6,11-12H2,1H3,(H,22,25)/b3-2+. The van der Waals surface area contributed by atoms with Crippen LogP contribution in [0.3, 0.4) is 0 Å². The normalized spacial score (nSPS) is 14.0. The monoisotopic (exact) mass is 393 g/mol. The molecule has 26 heavy (non-hydrogen) atoms. The van der Waals surface area contributed by atoms with Gasteiger partial charge in [0.2, 0.25) is 5.91 Å². The van der Waals surface area contributed by atoms with Crippen molar-refractivity contribution in [3.63, 3.8) is 0 Å². The second-order valence-corrected chi connectivity index (χ2v) is 7.27. The minimum atomic E-state index is -0.0522. The molecule has 1 aromatic carbocycles. The largest absolute Gasteiger partial charge is 0.490 e. The smallest absolute Gasteiger partial charge is 0.217 e. The molecule has 1 aliphatic carbocycles. The zero-order valence-electron chi connectivity index (χ0n) is 14.5. The third-order valence-electron chi connectivity index (χ3n) is 4.00. The number of carbonyl (C=O) groups is 1. The molecule has 0 saturated heterocycles. The first-order valence-corrected chi connectivity index (χ1v) is 9.31. The van der Waals surface area contributed by atoms with Gasteiger partial charge in [-0.1, -0.05) is 35.4 Å². The fraction of sp³-hybridized carbons (Fsp3) is 0.368. The van der Waals surface area contributed by atoms with E-state index in [9.17, 15) is 4.79 Å². The van der Waals surface area contributed by atoms with Crippen LogP contribution < -0.4 is 10.1 Å². The number of ether oxygens (including phenoxy) is 1. The zero-order valence-corrected chi connectivity index (χ0v) is 16.1. The lowest BCUT2D eigenvalue weighted by atomic mass is 10.2. The topological polar surface area (TPSA) is 56.2 Å². The van der Waals surface area contributed by atoms with Crippen molar-refractivity contribution in [1.82, 2.24) is 15.1 Å². The molecule has 1 fully saturated rings. The average molecular weight is 394 g/mol. The van der Waals surface area contributed by atoms with Crippen molar-refractivity contribution >= 4 is 35.2 Å². The highest BCUT2D eigenvalue weighted by atomic mass is 35.5. The third kappa shape index (κ3) is 5.51. The van der Waals surface area contributed by atoms with E-state index in [0.29, 0.717) is 41.4 Å². The van der Waals surface area contributed by atoms with E-state index in [2.05, 4.69) is 10.4 Å². The predicted molar refractivity (Wildman–Crippen MR) is 104 cm³/mol. The van der Waals surface area contributed by atoms with Crippen LogP contribution >= 0.6 is 23.2 Å². The summed E-state index contributed by atoms with van der Waals surface area (Å²) in [5.41, 5.74) is 1.91. The zero-order chi connectivity index (χ0) is 18.5. The molecule has 2 aromatic rings. The van der Waals surface area contributed by atoms with Gasteiger partial charge in [0.15, 0.2) is 5.75 Å². The molecule has 0 spiro atoms. The molecule has 1 aromatic heterocycles. The number of aromatic nitrogens is 2. The number of carbonyl (C=O) groups excluding carboxylic acids is 1. The lowest BCUT2D eigenvalue weighted by Gasteiger charge is -2.11. The number of nitrogens with one attached hydrogen (secondary N) is 1. The highest BCUT2D eigenvalue weighted by molar-refractivity contribution is 6.37. The number of halogens is 2. The molecule has 1 aliphatic rings. The van der Waals surface area contributed by atoms with Crippen LogP contribution in [0.25, 0.3) is 6.08 Å². The van der Waals surface area contributed by atoms with Gasteiger partial charge in [0.1, 0.15) is 0 Å². The Kier molecular flexibility index (Phi) is 6.22. The van der Waals surface area contributed by atoms with Gasteiger partial charge in [-0.25, -0.2) is 0 Å². The Morgan fingerprint density at radius 2 is 2.12 bits per heavy atom. The van der Waals surface area contributed by atoms with E-state index < -0.39 is 0 Å². The van der Waals surface area contributed by atoms with E-state index in [1.807, 2.05) is 35.2 Å². The summed E-state index contributed by atoms with van der Waals surface area (Å²) in [5, 5.41) is 8.09. The fourth-order valence-corrected chi connectivity index (χ4v) is 3.11. The van der Waals surface area contributed by atoms with Crippen LogP contribution in [-0.4, -0.2) is 28.8 Å². The molecular weight excluding hydrogens is 373 g/mol. The molecule has 1 amide bonds. The maximum absolute atomic E-state index is 10.8. The van der Waals surface area contributed by atoms with Crippen molar-refractivity contribution in [2.75, 3.05) is 13.2 Å². The predicted octanol–water partition coefficient (Wildman–Crippen LogP) is 4.18. The van der Waals surface area contributed by atoms with Gasteiger partial charge in [-0.15, -0.1) is 0 Å². The van der Waals surface area contributed by atoms with Crippen molar-refractivity contribution in [2.24, 2.45) is 5.92 Å². The molecule has 5 nitrogen and oxygen atoms in total. The SMILES string of the molecule is CC(=O)NC/C=C/c1cnn(Cc2cc(Cl)c(OCC3CC3)c(Cl)c2)c1. The quantitative estimate of drug-likeness (QED) is 0.731. The summed E-state index contributed by atoms with van der Waals surface area (Å²) in [7, 11) is 0. The van der Waals surface area contributed by atoms with Crippen LogP contribution in [0.15, 0.2) is 30.6 Å². The van der Waals surface area contributed by atoms with E-state index in [1.165, 1.54) is 19.8 Å². The van der Waals surface area contributed by atoms with Crippen molar-refractivity contribution in [1.29, 1.82) is 0 Å². The summed E-state index contributed by atoms with van der Waals surface area (Å²) >= 11 is 12.7. The Balaban J connectivity index is 1.60. The summed E-state index contributed by atoms with van der Waals surface area (Å²) in [5.74, 6) is 1.15. The van der Waals surface area contributed by atoms with Gasteiger partial charge in [-0.3, -0.25) is 9.48 Å². The van der Waals surface area contributed by atoms with Gasteiger partial charge in [0.25, 0.3) is 0 Å². The van der Waals surface area contributed by atoms with Crippen LogP contribution in [0.4, 0.5) is 0 Å². The molecule has 1 N–H and O–H groups in total.